The van der Waals surface area contributed by atoms with Gasteiger partial charge in [0.05, 0.1) is 5.92 Å². The summed E-state index contributed by atoms with van der Waals surface area (Å²) in [5, 5.41) is 14.0. The minimum atomic E-state index is -4.90. The first-order valence-electron chi connectivity index (χ1n) is 6.02. The second kappa shape index (κ2) is 4.22. The highest BCUT2D eigenvalue weighted by molar-refractivity contribution is 5.93. The van der Waals surface area contributed by atoms with Crippen LogP contribution in [-0.4, -0.2) is 33.6 Å². The highest BCUT2D eigenvalue weighted by Crippen LogP contribution is 2.48. The minimum absolute atomic E-state index is 0.123. The van der Waals surface area contributed by atoms with Crippen LogP contribution in [0.4, 0.5) is 13.2 Å². The predicted molar refractivity (Wildman–Crippen MR) is 57.5 cm³/mol. The van der Waals surface area contributed by atoms with Crippen molar-refractivity contribution in [2.24, 2.45) is 11.0 Å². The predicted octanol–water partition coefficient (Wildman–Crippen LogP) is 2.04. The zero-order valence-corrected chi connectivity index (χ0v) is 10.00. The summed E-state index contributed by atoms with van der Waals surface area (Å²) in [5.74, 6) is -1.92. The largest absolute Gasteiger partial charge is 0.439 e. The molecule has 0 aromatic carbocycles. The summed E-state index contributed by atoms with van der Waals surface area (Å²) < 4.78 is 39.4. The van der Waals surface area contributed by atoms with Crippen LogP contribution in [0.5, 0.6) is 0 Å². The summed E-state index contributed by atoms with van der Waals surface area (Å²) in [6.45, 7) is 1.45. The van der Waals surface area contributed by atoms with Crippen LogP contribution in [0, 0.1) is 5.92 Å². The van der Waals surface area contributed by atoms with Crippen molar-refractivity contribution in [3.63, 3.8) is 0 Å². The molecular formula is C11H15F3N2O2. The van der Waals surface area contributed by atoms with Crippen LogP contribution in [0.3, 0.4) is 0 Å². The van der Waals surface area contributed by atoms with E-state index in [1.54, 1.807) is 0 Å². The number of amides is 1. The molecule has 2 atom stereocenters. The first-order chi connectivity index (χ1) is 8.32. The van der Waals surface area contributed by atoms with Gasteiger partial charge in [-0.25, -0.2) is 0 Å². The van der Waals surface area contributed by atoms with E-state index in [9.17, 15) is 23.1 Å². The fourth-order valence-corrected chi connectivity index (χ4v) is 2.61. The molecule has 7 heteroatoms. The van der Waals surface area contributed by atoms with Crippen LogP contribution < -0.4 is 0 Å². The molecule has 2 rings (SSSR count). The van der Waals surface area contributed by atoms with Crippen LogP contribution in [0.2, 0.25) is 0 Å². The van der Waals surface area contributed by atoms with Crippen molar-refractivity contribution in [3.8, 4) is 0 Å². The first kappa shape index (κ1) is 13.3. The van der Waals surface area contributed by atoms with Crippen molar-refractivity contribution < 1.29 is 23.1 Å². The number of rotatable bonds is 1. The van der Waals surface area contributed by atoms with Gasteiger partial charge in [-0.2, -0.15) is 23.3 Å². The standard InChI is InChI=1S/C11H15F3N2O2/c1-2-9(17)16-10(18,11(12,13)14)7-5-3-4-6-8(7)15-16/h7,18H,2-6H2,1H3/t7-,10+/m0/s1. The molecule has 0 bridgehead atoms. The van der Waals surface area contributed by atoms with E-state index in [0.717, 1.165) is 6.42 Å². The molecule has 1 aliphatic heterocycles. The van der Waals surface area contributed by atoms with Crippen molar-refractivity contribution in [2.75, 3.05) is 0 Å². The average Bonchev–Trinajstić information content (AvgIpc) is 2.63. The van der Waals surface area contributed by atoms with Crippen LogP contribution in [-0.2, 0) is 4.79 Å². The lowest BCUT2D eigenvalue weighted by Gasteiger charge is -2.38. The zero-order valence-electron chi connectivity index (χ0n) is 10.00. The average molecular weight is 264 g/mol. The number of carbonyl (C=O) groups excluding carboxylic acids is 1. The van der Waals surface area contributed by atoms with Crippen molar-refractivity contribution in [2.45, 2.75) is 50.9 Å². The van der Waals surface area contributed by atoms with Gasteiger partial charge in [0.25, 0.3) is 5.72 Å². The maximum atomic E-state index is 13.1. The van der Waals surface area contributed by atoms with E-state index >= 15 is 0 Å². The number of hydrogen-bond acceptors (Lipinski definition) is 3. The van der Waals surface area contributed by atoms with Crippen molar-refractivity contribution in [1.29, 1.82) is 0 Å². The third kappa shape index (κ3) is 1.72. The normalized spacial score (nSPS) is 32.2. The highest BCUT2D eigenvalue weighted by atomic mass is 19.4. The van der Waals surface area contributed by atoms with Gasteiger partial charge in [0.1, 0.15) is 0 Å². The van der Waals surface area contributed by atoms with Gasteiger partial charge in [-0.05, 0) is 19.3 Å². The van der Waals surface area contributed by atoms with Gasteiger partial charge in [0.15, 0.2) is 0 Å². The Kier molecular flexibility index (Phi) is 3.12. The van der Waals surface area contributed by atoms with Crippen molar-refractivity contribution in [3.05, 3.63) is 0 Å². The summed E-state index contributed by atoms with van der Waals surface area (Å²) >= 11 is 0. The Morgan fingerprint density at radius 1 is 1.56 bits per heavy atom. The van der Waals surface area contributed by atoms with Gasteiger partial charge < -0.3 is 5.11 Å². The highest BCUT2D eigenvalue weighted by Gasteiger charge is 2.68. The molecule has 1 fully saturated rings. The Morgan fingerprint density at radius 3 is 2.78 bits per heavy atom. The monoisotopic (exact) mass is 264 g/mol. The molecule has 0 radical (unpaired) electrons. The van der Waals surface area contributed by atoms with Crippen molar-refractivity contribution in [1.82, 2.24) is 5.01 Å². The lowest BCUT2D eigenvalue weighted by Crippen LogP contribution is -2.61. The number of halogens is 3. The Morgan fingerprint density at radius 2 is 2.22 bits per heavy atom. The molecule has 0 aromatic rings. The molecule has 1 N–H and O–H groups in total. The molecule has 18 heavy (non-hydrogen) atoms. The Bertz CT molecular complexity index is 394. The molecule has 2 aliphatic rings. The maximum absolute atomic E-state index is 13.1. The molecule has 1 aliphatic carbocycles. The summed E-state index contributed by atoms with van der Waals surface area (Å²) in [5.41, 5.74) is -2.86. The second-order valence-corrected chi connectivity index (χ2v) is 4.67. The summed E-state index contributed by atoms with van der Waals surface area (Å²) in [6, 6.07) is 0. The number of nitrogens with zero attached hydrogens (tertiary/aromatic N) is 2. The fourth-order valence-electron chi connectivity index (χ4n) is 2.61. The van der Waals surface area contributed by atoms with E-state index in [4.69, 9.17) is 0 Å². The quantitative estimate of drug-likeness (QED) is 0.788. The SMILES string of the molecule is CCC(=O)N1N=C2CCCC[C@@H]2[C@@]1(O)C(F)(F)F. The number of hydrogen-bond donors (Lipinski definition) is 1. The van der Waals surface area contributed by atoms with E-state index in [1.807, 2.05) is 0 Å². The number of hydrazone groups is 1. The Hall–Kier alpha value is -1.11. The zero-order chi connectivity index (χ0) is 13.6. The van der Waals surface area contributed by atoms with E-state index in [0.29, 0.717) is 18.6 Å². The number of alkyl halides is 3. The van der Waals surface area contributed by atoms with E-state index in [-0.39, 0.29) is 17.9 Å². The van der Waals surface area contributed by atoms with Gasteiger partial charge in [0.2, 0.25) is 5.91 Å². The van der Waals surface area contributed by atoms with Gasteiger partial charge in [-0.15, -0.1) is 0 Å². The smallest absolute Gasteiger partial charge is 0.362 e. The molecule has 1 heterocycles. The van der Waals surface area contributed by atoms with Crippen LogP contribution in [0.1, 0.15) is 39.0 Å². The second-order valence-electron chi connectivity index (χ2n) is 4.67. The van der Waals surface area contributed by atoms with Gasteiger partial charge >= 0.3 is 6.18 Å². The molecule has 0 unspecified atom stereocenters. The first-order valence-corrected chi connectivity index (χ1v) is 6.02. The minimum Gasteiger partial charge on any atom is -0.362 e. The van der Waals surface area contributed by atoms with Gasteiger partial charge in [-0.3, -0.25) is 4.79 Å². The molecule has 0 spiro atoms. The molecule has 1 amide bonds. The van der Waals surface area contributed by atoms with Crippen LogP contribution in [0.15, 0.2) is 5.10 Å². The van der Waals surface area contributed by atoms with E-state index < -0.39 is 23.7 Å². The summed E-state index contributed by atoms with van der Waals surface area (Å²) in [4.78, 5) is 11.6. The maximum Gasteiger partial charge on any atom is 0.439 e. The van der Waals surface area contributed by atoms with E-state index in [1.165, 1.54) is 6.92 Å². The van der Waals surface area contributed by atoms with Crippen LogP contribution >= 0.6 is 0 Å². The topological polar surface area (TPSA) is 52.9 Å². The number of carbonyl (C=O) groups is 1. The lowest BCUT2D eigenvalue weighted by molar-refractivity contribution is -0.317. The summed E-state index contributed by atoms with van der Waals surface area (Å²) in [7, 11) is 0. The molecule has 0 aromatic heterocycles. The third-order valence-corrected chi connectivity index (χ3v) is 3.57. The lowest BCUT2D eigenvalue weighted by atomic mass is 9.80. The van der Waals surface area contributed by atoms with E-state index in [2.05, 4.69) is 5.10 Å². The van der Waals surface area contributed by atoms with Gasteiger partial charge in [-0.1, -0.05) is 13.3 Å². The molecule has 0 saturated heterocycles. The third-order valence-electron chi connectivity index (χ3n) is 3.57. The van der Waals surface area contributed by atoms with Crippen LogP contribution in [0.25, 0.3) is 0 Å². The Balaban J connectivity index is 2.43. The molecule has 1 saturated carbocycles. The van der Waals surface area contributed by atoms with Gasteiger partial charge in [0, 0.05) is 12.1 Å². The number of aliphatic hydroxyl groups is 1. The Labute approximate surface area is 102 Å². The molecule has 102 valence electrons. The fraction of sp³-hybridized carbons (Fsp3) is 0.818. The molecule has 4 nitrogen and oxygen atoms in total. The van der Waals surface area contributed by atoms with Crippen molar-refractivity contribution >= 4 is 11.6 Å². The molecular weight excluding hydrogens is 249 g/mol. The summed E-state index contributed by atoms with van der Waals surface area (Å²) in [6.07, 6.45) is -3.04. The number of fused-ring (bicyclic) bond motifs is 1.